The number of hydrogen-bond donors (Lipinski definition) is 1. The highest BCUT2D eigenvalue weighted by atomic mass is 16.5. The Morgan fingerprint density at radius 2 is 1.80 bits per heavy atom. The molecular formula is C21H18N8O. The number of aromatic nitrogens is 2. The van der Waals surface area contributed by atoms with Crippen LogP contribution in [-0.2, 0) is 4.74 Å². The van der Waals surface area contributed by atoms with Crippen LogP contribution in [0, 0.1) is 34.0 Å². The molecule has 1 N–H and O–H groups in total. The van der Waals surface area contributed by atoms with E-state index in [-0.39, 0.29) is 22.7 Å². The van der Waals surface area contributed by atoms with Crippen LogP contribution in [0.4, 0.5) is 17.2 Å². The molecule has 0 unspecified atom stereocenters. The average molecular weight is 398 g/mol. The molecule has 1 aromatic heterocycles. The fourth-order valence-corrected chi connectivity index (χ4v) is 3.62. The zero-order chi connectivity index (χ0) is 21.1. The Morgan fingerprint density at radius 1 is 1.10 bits per heavy atom. The molecule has 0 radical (unpaired) electrons. The smallest absolute Gasteiger partial charge is 0.179 e. The second kappa shape index (κ2) is 8.08. The van der Waals surface area contributed by atoms with Crippen molar-refractivity contribution in [2.24, 2.45) is 0 Å². The monoisotopic (exact) mass is 398 g/mol. The Labute approximate surface area is 174 Å². The molecule has 0 amide bonds. The van der Waals surface area contributed by atoms with Crippen LogP contribution in [0.2, 0.25) is 0 Å². The third kappa shape index (κ3) is 3.16. The molecule has 3 heterocycles. The lowest BCUT2D eigenvalue weighted by Gasteiger charge is -2.29. The molecule has 4 rings (SSSR count). The third-order valence-electron chi connectivity index (χ3n) is 5.02. The van der Waals surface area contributed by atoms with Gasteiger partial charge in [-0.25, -0.2) is 9.97 Å². The normalized spacial score (nSPS) is 16.7. The number of benzene rings is 1. The van der Waals surface area contributed by atoms with Gasteiger partial charge in [-0.2, -0.15) is 15.8 Å². The quantitative estimate of drug-likeness (QED) is 0.774. The summed E-state index contributed by atoms with van der Waals surface area (Å²) in [7, 11) is 0. The van der Waals surface area contributed by atoms with Crippen LogP contribution in [0.5, 0.6) is 0 Å². The number of anilines is 3. The Morgan fingerprint density at radius 3 is 2.47 bits per heavy atom. The van der Waals surface area contributed by atoms with Gasteiger partial charge in [-0.15, -0.1) is 0 Å². The van der Waals surface area contributed by atoms with E-state index in [0.29, 0.717) is 44.5 Å². The second-order valence-corrected chi connectivity index (χ2v) is 6.64. The summed E-state index contributed by atoms with van der Waals surface area (Å²) >= 11 is 0. The van der Waals surface area contributed by atoms with Gasteiger partial charge in [0.15, 0.2) is 17.2 Å². The van der Waals surface area contributed by atoms with Crippen molar-refractivity contribution in [3.05, 3.63) is 47.2 Å². The maximum absolute atomic E-state index is 10.1. The number of hydrogen-bond acceptors (Lipinski definition) is 9. The first-order valence-electron chi connectivity index (χ1n) is 9.55. The lowest BCUT2D eigenvalue weighted by Crippen LogP contribution is -2.38. The van der Waals surface area contributed by atoms with Crippen LogP contribution >= 0.6 is 0 Å². The van der Waals surface area contributed by atoms with Crippen LogP contribution in [0.25, 0.3) is 5.57 Å². The number of fused-ring (bicyclic) bond motifs is 1. The molecule has 2 aliphatic rings. The number of nitrogens with zero attached hydrogens (tertiary/aromatic N) is 7. The van der Waals surface area contributed by atoms with E-state index in [1.807, 2.05) is 53.1 Å². The van der Waals surface area contributed by atoms with Gasteiger partial charge in [0.2, 0.25) is 0 Å². The van der Waals surface area contributed by atoms with Crippen molar-refractivity contribution in [1.82, 2.24) is 9.97 Å². The third-order valence-corrected chi connectivity index (χ3v) is 5.02. The molecule has 1 aromatic carbocycles. The SMILES string of the molecule is CCN1/C(=C(\C#N)c2nc(C#N)c(C#N)nc2N2CCOCC2)Nc2ccccc21. The van der Waals surface area contributed by atoms with Crippen molar-refractivity contribution in [2.75, 3.05) is 48.0 Å². The lowest BCUT2D eigenvalue weighted by molar-refractivity contribution is 0.122. The fourth-order valence-electron chi connectivity index (χ4n) is 3.62. The molecule has 0 atom stereocenters. The second-order valence-electron chi connectivity index (χ2n) is 6.64. The van der Waals surface area contributed by atoms with Crippen LogP contribution < -0.4 is 15.1 Å². The molecule has 9 heteroatoms. The Kier molecular flexibility index (Phi) is 5.17. The molecule has 0 saturated carbocycles. The number of ether oxygens (including phenoxy) is 1. The molecule has 1 fully saturated rings. The Balaban J connectivity index is 1.94. The maximum Gasteiger partial charge on any atom is 0.179 e. The van der Waals surface area contributed by atoms with Crippen LogP contribution in [0.3, 0.4) is 0 Å². The minimum atomic E-state index is -0.101. The van der Waals surface area contributed by atoms with Gasteiger partial charge in [-0.05, 0) is 19.1 Å². The number of rotatable bonds is 3. The predicted octanol–water partition coefficient (Wildman–Crippen LogP) is 2.20. The van der Waals surface area contributed by atoms with Gasteiger partial charge in [-0.3, -0.25) is 0 Å². The number of allylic oxidation sites excluding steroid dienone is 1. The number of morpholine rings is 1. The standard InChI is InChI=1S/C21H18N8O/c1-2-29-18-6-4-3-5-15(18)26-20(29)14(11-22)19-21(28-7-9-30-10-8-28)27-17(13-24)16(12-23)25-19/h3-6,26H,2,7-10H2,1H3/b20-14+. The van der Waals surface area contributed by atoms with Crippen molar-refractivity contribution in [1.29, 1.82) is 15.8 Å². The Bertz CT molecular complexity index is 1150. The molecular weight excluding hydrogens is 380 g/mol. The topological polar surface area (TPSA) is 125 Å². The van der Waals surface area contributed by atoms with Gasteiger partial charge < -0.3 is 19.9 Å². The zero-order valence-electron chi connectivity index (χ0n) is 16.4. The fraction of sp³-hybridized carbons (Fsp3) is 0.286. The molecule has 30 heavy (non-hydrogen) atoms. The van der Waals surface area contributed by atoms with Crippen molar-refractivity contribution >= 4 is 22.8 Å². The Hall–Kier alpha value is -4.13. The predicted molar refractivity (Wildman–Crippen MR) is 110 cm³/mol. The van der Waals surface area contributed by atoms with E-state index in [1.165, 1.54) is 0 Å². The molecule has 0 spiro atoms. The van der Waals surface area contributed by atoms with Gasteiger partial charge in [0.1, 0.15) is 35.3 Å². The minimum Gasteiger partial charge on any atom is -0.378 e. The highest BCUT2D eigenvalue weighted by Gasteiger charge is 2.30. The zero-order valence-corrected chi connectivity index (χ0v) is 16.4. The molecule has 1 saturated heterocycles. The molecule has 9 nitrogen and oxygen atoms in total. The highest BCUT2D eigenvalue weighted by molar-refractivity contribution is 5.93. The van der Waals surface area contributed by atoms with Gasteiger partial charge in [0, 0.05) is 19.6 Å². The van der Waals surface area contributed by atoms with Crippen molar-refractivity contribution in [2.45, 2.75) is 6.92 Å². The summed E-state index contributed by atoms with van der Waals surface area (Å²) in [6, 6.07) is 13.9. The molecule has 2 aromatic rings. The molecule has 0 bridgehead atoms. The van der Waals surface area contributed by atoms with Gasteiger partial charge in [-0.1, -0.05) is 12.1 Å². The largest absolute Gasteiger partial charge is 0.378 e. The van der Waals surface area contributed by atoms with E-state index in [0.717, 1.165) is 11.4 Å². The summed E-state index contributed by atoms with van der Waals surface area (Å²) in [5, 5.41) is 32.3. The summed E-state index contributed by atoms with van der Waals surface area (Å²) in [4.78, 5) is 12.8. The van der Waals surface area contributed by atoms with Crippen molar-refractivity contribution < 1.29 is 4.74 Å². The van der Waals surface area contributed by atoms with E-state index in [9.17, 15) is 15.8 Å². The first-order valence-corrected chi connectivity index (χ1v) is 9.55. The van der Waals surface area contributed by atoms with E-state index in [1.54, 1.807) is 0 Å². The molecule has 0 aliphatic carbocycles. The van der Waals surface area contributed by atoms with Crippen LogP contribution in [0.15, 0.2) is 30.1 Å². The van der Waals surface area contributed by atoms with Crippen molar-refractivity contribution in [3.63, 3.8) is 0 Å². The first kappa shape index (κ1) is 19.2. The summed E-state index contributed by atoms with van der Waals surface area (Å²) in [5.74, 6) is 0.991. The lowest BCUT2D eigenvalue weighted by atomic mass is 10.1. The van der Waals surface area contributed by atoms with E-state index < -0.39 is 0 Å². The van der Waals surface area contributed by atoms with Gasteiger partial charge in [0.25, 0.3) is 0 Å². The maximum atomic E-state index is 10.1. The molecule has 2 aliphatic heterocycles. The highest BCUT2D eigenvalue weighted by Crippen LogP contribution is 2.39. The minimum absolute atomic E-state index is 0.0555. The van der Waals surface area contributed by atoms with Crippen LogP contribution in [-0.4, -0.2) is 42.8 Å². The summed E-state index contributed by atoms with van der Waals surface area (Å²) in [6.45, 7) is 4.74. The van der Waals surface area contributed by atoms with Crippen LogP contribution in [0.1, 0.15) is 24.0 Å². The van der Waals surface area contributed by atoms with Gasteiger partial charge >= 0.3 is 0 Å². The number of nitriles is 3. The molecule has 148 valence electrons. The first-order chi connectivity index (χ1) is 14.7. The number of nitrogens with one attached hydrogen (secondary N) is 1. The van der Waals surface area contributed by atoms with E-state index >= 15 is 0 Å². The van der Waals surface area contributed by atoms with E-state index in [2.05, 4.69) is 21.4 Å². The number of para-hydroxylation sites is 2. The summed E-state index contributed by atoms with van der Waals surface area (Å²) in [6.07, 6.45) is 0. The summed E-state index contributed by atoms with van der Waals surface area (Å²) in [5.41, 5.74) is 2.23. The summed E-state index contributed by atoms with van der Waals surface area (Å²) < 4.78 is 5.42. The van der Waals surface area contributed by atoms with Gasteiger partial charge in [0.05, 0.1) is 24.6 Å². The van der Waals surface area contributed by atoms with E-state index in [4.69, 9.17) is 4.74 Å². The van der Waals surface area contributed by atoms with Crippen molar-refractivity contribution in [3.8, 4) is 18.2 Å². The average Bonchev–Trinajstić information content (AvgIpc) is 3.18.